The lowest BCUT2D eigenvalue weighted by Crippen LogP contribution is -2.45. The van der Waals surface area contributed by atoms with E-state index in [0.717, 1.165) is 28.3 Å². The number of nitrogens with zero attached hydrogens (tertiary/aromatic N) is 1. The predicted molar refractivity (Wildman–Crippen MR) is 80.9 cm³/mol. The Morgan fingerprint density at radius 2 is 2.00 bits per heavy atom. The third kappa shape index (κ3) is 2.07. The van der Waals surface area contributed by atoms with E-state index in [1.54, 1.807) is 17.0 Å². The lowest BCUT2D eigenvalue weighted by molar-refractivity contribution is -0.114. The van der Waals surface area contributed by atoms with E-state index in [4.69, 9.17) is 0 Å². The minimum absolute atomic E-state index is 0.139. The van der Waals surface area contributed by atoms with Crippen molar-refractivity contribution in [2.75, 3.05) is 16.8 Å². The van der Waals surface area contributed by atoms with E-state index >= 15 is 0 Å². The van der Waals surface area contributed by atoms with Gasteiger partial charge in [-0.05, 0) is 36.5 Å². The molecule has 19 heavy (non-hydrogen) atoms. The van der Waals surface area contributed by atoms with Crippen LogP contribution in [0.2, 0.25) is 0 Å². The molecule has 0 atom stereocenters. The number of halogens is 2. The number of ketones is 1. The maximum Gasteiger partial charge on any atom is 0.299 e. The molecule has 1 fully saturated rings. The van der Waals surface area contributed by atoms with E-state index < -0.39 is 0 Å². The third-order valence-electron chi connectivity index (χ3n) is 4.13. The van der Waals surface area contributed by atoms with Crippen molar-refractivity contribution in [3.8, 4) is 0 Å². The van der Waals surface area contributed by atoms with Gasteiger partial charge >= 0.3 is 0 Å². The molecular weight excluding hydrogens is 374 g/mol. The van der Waals surface area contributed by atoms with E-state index in [1.807, 2.05) is 6.07 Å². The fourth-order valence-electron chi connectivity index (χ4n) is 2.77. The Balaban J connectivity index is 1.96. The van der Waals surface area contributed by atoms with Crippen LogP contribution in [0.1, 0.15) is 29.6 Å². The summed E-state index contributed by atoms with van der Waals surface area (Å²) < 4.78 is 0.889. The van der Waals surface area contributed by atoms with Gasteiger partial charge in [0.15, 0.2) is 0 Å². The molecule has 3 rings (SSSR count). The van der Waals surface area contributed by atoms with Crippen LogP contribution in [0.5, 0.6) is 0 Å². The summed E-state index contributed by atoms with van der Waals surface area (Å²) >= 11 is 6.95. The predicted octanol–water partition coefficient (Wildman–Crippen LogP) is 3.54. The Hall–Kier alpha value is -0.680. The zero-order chi connectivity index (χ0) is 13.6. The molecule has 1 aliphatic heterocycles. The normalized spacial score (nSPS) is 20.4. The number of benzene rings is 1. The number of hydrogen-bond acceptors (Lipinski definition) is 2. The molecule has 100 valence electrons. The molecule has 2 aliphatic rings. The first-order valence-electron chi connectivity index (χ1n) is 6.28. The number of amides is 1. The monoisotopic (exact) mass is 385 g/mol. The van der Waals surface area contributed by atoms with Crippen LogP contribution >= 0.6 is 31.9 Å². The number of rotatable bonds is 3. The average molecular weight is 387 g/mol. The number of fused-ring (bicyclic) bond motifs is 1. The number of alkyl halides is 1. The molecule has 1 aromatic carbocycles. The summed E-state index contributed by atoms with van der Waals surface area (Å²) in [7, 11) is 0. The van der Waals surface area contributed by atoms with Crippen molar-refractivity contribution >= 4 is 49.2 Å². The Kier molecular flexibility index (Phi) is 3.29. The lowest BCUT2D eigenvalue weighted by Gasteiger charge is -2.43. The van der Waals surface area contributed by atoms with Crippen molar-refractivity contribution in [1.29, 1.82) is 0 Å². The second kappa shape index (κ2) is 4.70. The zero-order valence-electron chi connectivity index (χ0n) is 10.3. The average Bonchev–Trinajstić information content (AvgIpc) is 2.58. The molecule has 1 saturated carbocycles. The number of carbonyl (C=O) groups excluding carboxylic acids is 2. The van der Waals surface area contributed by atoms with Crippen molar-refractivity contribution < 1.29 is 9.59 Å². The van der Waals surface area contributed by atoms with Gasteiger partial charge in [-0.25, -0.2) is 0 Å². The van der Waals surface area contributed by atoms with Crippen LogP contribution in [0.4, 0.5) is 5.69 Å². The first-order valence-corrected chi connectivity index (χ1v) is 8.19. The Morgan fingerprint density at radius 1 is 1.26 bits per heavy atom. The highest BCUT2D eigenvalue weighted by Gasteiger charge is 2.43. The van der Waals surface area contributed by atoms with Gasteiger partial charge in [-0.2, -0.15) is 0 Å². The SMILES string of the molecule is O=C1C(=O)N(CC2(CBr)CCC2)c2cc(Br)ccc21. The van der Waals surface area contributed by atoms with Crippen molar-refractivity contribution in [1.82, 2.24) is 0 Å². The van der Waals surface area contributed by atoms with Gasteiger partial charge in [0, 0.05) is 16.3 Å². The van der Waals surface area contributed by atoms with Crippen LogP contribution < -0.4 is 4.90 Å². The summed E-state index contributed by atoms with van der Waals surface area (Å²) in [5.74, 6) is -0.771. The maximum absolute atomic E-state index is 12.2. The van der Waals surface area contributed by atoms with Gasteiger partial charge in [0.05, 0.1) is 11.3 Å². The minimum atomic E-state index is -0.389. The van der Waals surface area contributed by atoms with Gasteiger partial charge < -0.3 is 4.90 Å². The molecule has 0 N–H and O–H groups in total. The van der Waals surface area contributed by atoms with E-state index in [1.165, 1.54) is 6.42 Å². The highest BCUT2D eigenvalue weighted by Crippen LogP contribution is 2.45. The van der Waals surface area contributed by atoms with Gasteiger partial charge in [0.2, 0.25) is 0 Å². The molecule has 0 spiro atoms. The Morgan fingerprint density at radius 3 is 2.58 bits per heavy atom. The number of carbonyl (C=O) groups is 2. The van der Waals surface area contributed by atoms with Gasteiger partial charge in [-0.15, -0.1) is 0 Å². The molecule has 1 amide bonds. The minimum Gasteiger partial charge on any atom is -0.304 e. The summed E-state index contributed by atoms with van der Waals surface area (Å²) in [5.41, 5.74) is 1.41. The van der Waals surface area contributed by atoms with E-state index in [0.29, 0.717) is 12.1 Å². The van der Waals surface area contributed by atoms with Crippen LogP contribution in [0.3, 0.4) is 0 Å². The summed E-state index contributed by atoms with van der Waals surface area (Å²) in [6, 6.07) is 5.39. The molecule has 5 heteroatoms. The third-order valence-corrected chi connectivity index (χ3v) is 5.81. The topological polar surface area (TPSA) is 37.4 Å². The van der Waals surface area contributed by atoms with Crippen LogP contribution in [0.25, 0.3) is 0 Å². The van der Waals surface area contributed by atoms with Gasteiger partial charge in [0.1, 0.15) is 0 Å². The standard InChI is InChI=1S/C14H13Br2NO2/c15-7-14(4-1-5-14)8-17-11-6-9(16)2-3-10(11)12(18)13(17)19/h2-3,6H,1,4-5,7-8H2. The summed E-state index contributed by atoms with van der Waals surface area (Å²) in [6.45, 7) is 0.631. The molecule has 3 nitrogen and oxygen atoms in total. The largest absolute Gasteiger partial charge is 0.304 e. The highest BCUT2D eigenvalue weighted by atomic mass is 79.9. The van der Waals surface area contributed by atoms with Crippen molar-refractivity contribution in [3.63, 3.8) is 0 Å². The molecular formula is C14H13Br2NO2. The smallest absolute Gasteiger partial charge is 0.299 e. The molecule has 1 aliphatic carbocycles. The van der Waals surface area contributed by atoms with Gasteiger partial charge in [-0.1, -0.05) is 38.3 Å². The summed E-state index contributed by atoms with van der Waals surface area (Å²) in [6.07, 6.45) is 3.42. The fourth-order valence-corrected chi connectivity index (χ4v) is 3.86. The summed E-state index contributed by atoms with van der Waals surface area (Å²) in [5, 5.41) is 0.876. The molecule has 0 bridgehead atoms. The molecule has 1 aromatic rings. The molecule has 0 unspecified atom stereocenters. The van der Waals surface area contributed by atoms with Crippen LogP contribution in [0.15, 0.2) is 22.7 Å². The van der Waals surface area contributed by atoms with E-state index in [2.05, 4.69) is 31.9 Å². The molecule has 0 saturated heterocycles. The first-order chi connectivity index (χ1) is 9.06. The van der Waals surface area contributed by atoms with Crippen molar-refractivity contribution in [2.45, 2.75) is 19.3 Å². The Bertz CT molecular complexity index is 561. The first kappa shape index (κ1) is 13.3. The highest BCUT2D eigenvalue weighted by molar-refractivity contribution is 9.10. The lowest BCUT2D eigenvalue weighted by atomic mass is 9.70. The molecule has 0 aromatic heterocycles. The van der Waals surface area contributed by atoms with Crippen LogP contribution in [-0.2, 0) is 4.79 Å². The van der Waals surface area contributed by atoms with Gasteiger partial charge in [0.25, 0.3) is 11.7 Å². The van der Waals surface area contributed by atoms with Crippen molar-refractivity contribution in [3.05, 3.63) is 28.2 Å². The Labute approximate surface area is 128 Å². The fraction of sp³-hybridized carbons (Fsp3) is 0.429. The van der Waals surface area contributed by atoms with Crippen LogP contribution in [0, 0.1) is 5.41 Å². The van der Waals surface area contributed by atoms with Gasteiger partial charge in [-0.3, -0.25) is 9.59 Å². The second-order valence-electron chi connectivity index (χ2n) is 5.37. The molecule has 0 radical (unpaired) electrons. The van der Waals surface area contributed by atoms with E-state index in [9.17, 15) is 9.59 Å². The maximum atomic E-state index is 12.2. The number of Topliss-reactive ketones (excluding diaryl/α,β-unsaturated/α-hetero) is 1. The second-order valence-corrected chi connectivity index (χ2v) is 6.85. The number of hydrogen-bond donors (Lipinski definition) is 0. The summed E-state index contributed by atoms with van der Waals surface area (Å²) in [4.78, 5) is 25.8. The zero-order valence-corrected chi connectivity index (χ0v) is 13.5. The molecule has 1 heterocycles. The van der Waals surface area contributed by atoms with Crippen LogP contribution in [-0.4, -0.2) is 23.6 Å². The quantitative estimate of drug-likeness (QED) is 0.588. The van der Waals surface area contributed by atoms with Crippen molar-refractivity contribution in [2.24, 2.45) is 5.41 Å². The van der Waals surface area contributed by atoms with E-state index in [-0.39, 0.29) is 17.1 Å². The number of anilines is 1.